The number of nitrogens with one attached hydrogen (secondary N) is 1. The minimum absolute atomic E-state index is 0.0846. The molecular formula is C21H27N3O. The molecule has 1 aromatic carbocycles. The van der Waals surface area contributed by atoms with E-state index in [0.717, 1.165) is 50.4 Å². The highest BCUT2D eigenvalue weighted by atomic mass is 16.1. The lowest BCUT2D eigenvalue weighted by molar-refractivity contribution is -0.117. The summed E-state index contributed by atoms with van der Waals surface area (Å²) in [7, 11) is 0. The highest BCUT2D eigenvalue weighted by Crippen LogP contribution is 2.27. The standard InChI is InChI=1S/C21H27N3O/c1-16-2-4-17(5-3-16)14-21(25)23-19-10-12-24(13-11-19)20-8-6-18(15-22)7-9-20/h6-9,14,16,19H,2-5,10-13H2,1H3,(H,23,25). The molecule has 1 aromatic rings. The third-order valence-corrected chi connectivity index (χ3v) is 5.45. The number of benzene rings is 1. The Labute approximate surface area is 150 Å². The lowest BCUT2D eigenvalue weighted by Crippen LogP contribution is -2.44. The average Bonchev–Trinajstić information content (AvgIpc) is 2.64. The molecule has 0 spiro atoms. The first-order chi connectivity index (χ1) is 12.1. The molecule has 2 fully saturated rings. The zero-order valence-electron chi connectivity index (χ0n) is 15.0. The fourth-order valence-electron chi connectivity index (χ4n) is 3.73. The quantitative estimate of drug-likeness (QED) is 0.854. The van der Waals surface area contributed by atoms with Crippen molar-refractivity contribution < 1.29 is 4.79 Å². The van der Waals surface area contributed by atoms with Gasteiger partial charge in [0.15, 0.2) is 0 Å². The molecule has 0 radical (unpaired) electrons. The van der Waals surface area contributed by atoms with Gasteiger partial charge in [0.05, 0.1) is 11.6 Å². The largest absolute Gasteiger partial charge is 0.371 e. The summed E-state index contributed by atoms with van der Waals surface area (Å²) in [5.41, 5.74) is 3.16. The highest BCUT2D eigenvalue weighted by Gasteiger charge is 2.21. The zero-order chi connectivity index (χ0) is 17.6. The monoisotopic (exact) mass is 337 g/mol. The van der Waals surface area contributed by atoms with Crippen molar-refractivity contribution in [1.82, 2.24) is 5.32 Å². The molecule has 3 rings (SSSR count). The van der Waals surface area contributed by atoms with E-state index in [2.05, 4.69) is 23.2 Å². The minimum Gasteiger partial charge on any atom is -0.371 e. The molecule has 1 aliphatic heterocycles. The molecule has 1 amide bonds. The fraction of sp³-hybridized carbons (Fsp3) is 0.524. The highest BCUT2D eigenvalue weighted by molar-refractivity contribution is 5.88. The fourth-order valence-corrected chi connectivity index (χ4v) is 3.73. The van der Waals surface area contributed by atoms with Crippen LogP contribution in [0.5, 0.6) is 0 Å². The second kappa shape index (κ2) is 8.20. The van der Waals surface area contributed by atoms with E-state index in [-0.39, 0.29) is 11.9 Å². The lowest BCUT2D eigenvalue weighted by atomic mass is 9.87. The molecule has 1 N–H and O–H groups in total. The predicted octanol–water partition coefficient (Wildman–Crippen LogP) is 3.78. The number of hydrogen-bond acceptors (Lipinski definition) is 3. The first-order valence-electron chi connectivity index (χ1n) is 9.39. The van der Waals surface area contributed by atoms with Crippen LogP contribution < -0.4 is 10.2 Å². The van der Waals surface area contributed by atoms with Gasteiger partial charge in [-0.3, -0.25) is 4.79 Å². The number of carbonyl (C=O) groups is 1. The Balaban J connectivity index is 1.46. The Kier molecular flexibility index (Phi) is 5.75. The molecular weight excluding hydrogens is 310 g/mol. The predicted molar refractivity (Wildman–Crippen MR) is 100 cm³/mol. The summed E-state index contributed by atoms with van der Waals surface area (Å²) >= 11 is 0. The molecule has 0 bridgehead atoms. The lowest BCUT2D eigenvalue weighted by Gasteiger charge is -2.34. The van der Waals surface area contributed by atoms with Gasteiger partial charge in [0.1, 0.15) is 0 Å². The first kappa shape index (κ1) is 17.5. The first-order valence-corrected chi connectivity index (χ1v) is 9.39. The van der Waals surface area contributed by atoms with Crippen molar-refractivity contribution in [1.29, 1.82) is 5.26 Å². The van der Waals surface area contributed by atoms with E-state index in [1.54, 1.807) is 0 Å². The number of anilines is 1. The Bertz CT molecular complexity index is 653. The van der Waals surface area contributed by atoms with Crippen LogP contribution in [0.15, 0.2) is 35.9 Å². The minimum atomic E-state index is 0.0846. The second-order valence-corrected chi connectivity index (χ2v) is 7.41. The van der Waals surface area contributed by atoms with E-state index in [9.17, 15) is 4.79 Å². The van der Waals surface area contributed by atoms with Crippen LogP contribution in [0.25, 0.3) is 0 Å². The van der Waals surface area contributed by atoms with Gasteiger partial charge < -0.3 is 10.2 Å². The van der Waals surface area contributed by atoms with Crippen LogP contribution in [0.1, 0.15) is 51.0 Å². The Morgan fingerprint density at radius 3 is 2.40 bits per heavy atom. The van der Waals surface area contributed by atoms with Gasteiger partial charge in [0.2, 0.25) is 5.91 Å². The summed E-state index contributed by atoms with van der Waals surface area (Å²) < 4.78 is 0. The topological polar surface area (TPSA) is 56.1 Å². The molecule has 25 heavy (non-hydrogen) atoms. The van der Waals surface area contributed by atoms with Crippen molar-refractivity contribution in [2.24, 2.45) is 5.92 Å². The second-order valence-electron chi connectivity index (χ2n) is 7.41. The maximum absolute atomic E-state index is 12.3. The van der Waals surface area contributed by atoms with Gasteiger partial charge in [0.25, 0.3) is 0 Å². The van der Waals surface area contributed by atoms with Crippen LogP contribution in [-0.2, 0) is 4.79 Å². The third kappa shape index (κ3) is 4.85. The van der Waals surface area contributed by atoms with Crippen molar-refractivity contribution in [2.45, 2.75) is 51.5 Å². The molecule has 0 aromatic heterocycles. The number of hydrogen-bond donors (Lipinski definition) is 1. The number of carbonyl (C=O) groups excluding carboxylic acids is 1. The molecule has 0 atom stereocenters. The van der Waals surface area contributed by atoms with Crippen molar-refractivity contribution >= 4 is 11.6 Å². The van der Waals surface area contributed by atoms with Gasteiger partial charge in [-0.15, -0.1) is 0 Å². The van der Waals surface area contributed by atoms with Crippen LogP contribution in [0.4, 0.5) is 5.69 Å². The van der Waals surface area contributed by atoms with Crippen LogP contribution in [-0.4, -0.2) is 25.0 Å². The van der Waals surface area contributed by atoms with E-state index in [0.29, 0.717) is 5.56 Å². The van der Waals surface area contributed by atoms with Crippen molar-refractivity contribution in [3.8, 4) is 6.07 Å². The van der Waals surface area contributed by atoms with E-state index in [1.165, 1.54) is 18.4 Å². The zero-order valence-corrected chi connectivity index (χ0v) is 15.0. The van der Waals surface area contributed by atoms with E-state index >= 15 is 0 Å². The summed E-state index contributed by atoms with van der Waals surface area (Å²) in [6, 6.07) is 10.2. The Morgan fingerprint density at radius 2 is 1.80 bits per heavy atom. The van der Waals surface area contributed by atoms with E-state index in [1.807, 2.05) is 30.3 Å². The summed E-state index contributed by atoms with van der Waals surface area (Å²) in [5, 5.41) is 12.1. The molecule has 1 heterocycles. The van der Waals surface area contributed by atoms with Crippen molar-refractivity contribution in [3.63, 3.8) is 0 Å². The molecule has 1 saturated heterocycles. The van der Waals surface area contributed by atoms with Crippen LogP contribution >= 0.6 is 0 Å². The summed E-state index contributed by atoms with van der Waals surface area (Å²) in [5.74, 6) is 0.883. The summed E-state index contributed by atoms with van der Waals surface area (Å²) in [4.78, 5) is 14.6. The van der Waals surface area contributed by atoms with Crippen molar-refractivity contribution in [2.75, 3.05) is 18.0 Å². The van der Waals surface area contributed by atoms with Gasteiger partial charge in [-0.25, -0.2) is 0 Å². The Hall–Kier alpha value is -2.28. The molecule has 0 unspecified atom stereocenters. The number of amides is 1. The van der Waals surface area contributed by atoms with Gasteiger partial charge in [0, 0.05) is 30.9 Å². The summed E-state index contributed by atoms with van der Waals surface area (Å²) in [6.45, 7) is 4.16. The molecule has 4 nitrogen and oxygen atoms in total. The number of piperidine rings is 1. The van der Waals surface area contributed by atoms with Crippen LogP contribution in [0.3, 0.4) is 0 Å². The number of rotatable bonds is 3. The molecule has 1 aliphatic carbocycles. The van der Waals surface area contributed by atoms with Crippen molar-refractivity contribution in [3.05, 3.63) is 41.5 Å². The Morgan fingerprint density at radius 1 is 1.16 bits per heavy atom. The molecule has 4 heteroatoms. The molecule has 1 saturated carbocycles. The summed E-state index contributed by atoms with van der Waals surface area (Å²) in [6.07, 6.45) is 8.35. The smallest absolute Gasteiger partial charge is 0.244 e. The van der Waals surface area contributed by atoms with Crippen LogP contribution in [0.2, 0.25) is 0 Å². The SMILES string of the molecule is CC1CCC(=CC(=O)NC2CCN(c3ccc(C#N)cc3)CC2)CC1. The van der Waals surface area contributed by atoms with Gasteiger partial charge >= 0.3 is 0 Å². The molecule has 2 aliphatic rings. The number of nitriles is 1. The van der Waals surface area contributed by atoms with Gasteiger partial charge in [-0.2, -0.15) is 5.26 Å². The van der Waals surface area contributed by atoms with Gasteiger partial charge in [-0.1, -0.05) is 12.5 Å². The number of nitrogens with zero attached hydrogens (tertiary/aromatic N) is 2. The maximum Gasteiger partial charge on any atom is 0.244 e. The van der Waals surface area contributed by atoms with E-state index in [4.69, 9.17) is 5.26 Å². The molecule has 132 valence electrons. The third-order valence-electron chi connectivity index (χ3n) is 5.45. The normalized spacial score (nSPS) is 21.5. The van der Waals surface area contributed by atoms with Crippen LogP contribution in [0, 0.1) is 17.2 Å². The van der Waals surface area contributed by atoms with E-state index < -0.39 is 0 Å². The van der Waals surface area contributed by atoms with Gasteiger partial charge in [-0.05, 0) is 68.7 Å². The number of allylic oxidation sites excluding steroid dienone is 1. The average molecular weight is 337 g/mol. The maximum atomic E-state index is 12.3.